The zero-order valence-electron chi connectivity index (χ0n) is 11.6. The van der Waals surface area contributed by atoms with Gasteiger partial charge < -0.3 is 10.4 Å². The number of tetrazole rings is 1. The minimum Gasteiger partial charge on any atom is -0.394 e. The van der Waals surface area contributed by atoms with E-state index in [0.717, 1.165) is 10.9 Å². The Labute approximate surface area is 136 Å². The Bertz CT molecular complexity index is 576. The highest BCUT2D eigenvalue weighted by molar-refractivity contribution is 9.09. The fourth-order valence-corrected chi connectivity index (χ4v) is 2.32. The van der Waals surface area contributed by atoms with Crippen LogP contribution in [0.5, 0.6) is 0 Å². The quantitative estimate of drug-likeness (QED) is 0.720. The Morgan fingerprint density at radius 3 is 2.71 bits per heavy atom. The molecule has 6 nitrogen and oxygen atoms in total. The minimum atomic E-state index is -0.691. The maximum Gasteiger partial charge on any atom is 0.173 e. The maximum atomic E-state index is 9.71. The molecule has 0 fully saturated rings. The summed E-state index contributed by atoms with van der Waals surface area (Å²) in [6.07, 6.45) is 0. The van der Waals surface area contributed by atoms with Crippen molar-refractivity contribution in [2.75, 3.05) is 18.5 Å². The molecule has 2 N–H and O–H groups in total. The summed E-state index contributed by atoms with van der Waals surface area (Å²) in [7, 11) is 0. The molecule has 0 radical (unpaired) electrons. The number of nitrogens with zero attached hydrogens (tertiary/aromatic N) is 4. The van der Waals surface area contributed by atoms with Gasteiger partial charge in [-0.3, -0.25) is 0 Å². The molecule has 2 aromatic rings. The van der Waals surface area contributed by atoms with Gasteiger partial charge in [-0.05, 0) is 35.0 Å². The molecule has 0 amide bonds. The average molecular weight is 375 g/mol. The van der Waals surface area contributed by atoms with Crippen LogP contribution in [0.3, 0.4) is 0 Å². The molecule has 0 spiro atoms. The van der Waals surface area contributed by atoms with Crippen LogP contribution in [-0.2, 0) is 12.1 Å². The normalized spacial score (nSPS) is 14.1. The molecule has 1 unspecified atom stereocenters. The number of nitrogens with one attached hydrogen (secondary N) is 1. The van der Waals surface area contributed by atoms with Crippen LogP contribution in [0.25, 0.3) is 0 Å². The van der Waals surface area contributed by atoms with Crippen molar-refractivity contribution in [2.24, 2.45) is 0 Å². The molecule has 2 rings (SSSR count). The van der Waals surface area contributed by atoms with Gasteiger partial charge in [0.2, 0.25) is 0 Å². The molecule has 1 aromatic heterocycles. The number of alkyl halides is 1. The van der Waals surface area contributed by atoms with E-state index in [2.05, 4.69) is 36.8 Å². The summed E-state index contributed by atoms with van der Waals surface area (Å²) >= 11 is 9.24. The van der Waals surface area contributed by atoms with Crippen LogP contribution in [0.4, 0.5) is 0 Å². The van der Waals surface area contributed by atoms with Crippen LogP contribution >= 0.6 is 27.5 Å². The van der Waals surface area contributed by atoms with Gasteiger partial charge in [0.15, 0.2) is 5.82 Å². The summed E-state index contributed by atoms with van der Waals surface area (Å²) in [5, 5.41) is 26.2. The summed E-state index contributed by atoms with van der Waals surface area (Å²) < 4.78 is 1.68. The second kappa shape index (κ2) is 7.31. The molecule has 8 heteroatoms. The molecule has 0 aliphatic heterocycles. The third kappa shape index (κ3) is 4.00. The molecule has 1 aromatic carbocycles. The lowest BCUT2D eigenvalue weighted by molar-refractivity contribution is 0.165. The van der Waals surface area contributed by atoms with Crippen molar-refractivity contribution in [3.05, 3.63) is 40.7 Å². The zero-order valence-corrected chi connectivity index (χ0v) is 14.0. The Morgan fingerprint density at radius 1 is 1.38 bits per heavy atom. The molecule has 0 saturated carbocycles. The topological polar surface area (TPSA) is 75.9 Å². The number of rotatable bonds is 7. The highest BCUT2D eigenvalue weighted by Gasteiger charge is 2.31. The first-order chi connectivity index (χ1) is 10.1. The average Bonchev–Trinajstić information content (AvgIpc) is 2.96. The fourth-order valence-electron chi connectivity index (χ4n) is 2.00. The van der Waals surface area contributed by atoms with Crippen molar-refractivity contribution in [3.63, 3.8) is 0 Å². The van der Waals surface area contributed by atoms with Gasteiger partial charge in [0.1, 0.15) is 5.54 Å². The minimum absolute atomic E-state index is 0.0962. The Kier molecular flexibility index (Phi) is 5.69. The predicted molar refractivity (Wildman–Crippen MR) is 84.6 cm³/mol. The Balaban J connectivity index is 2.22. The number of benzene rings is 1. The van der Waals surface area contributed by atoms with E-state index in [1.54, 1.807) is 4.68 Å². The molecule has 1 atom stereocenters. The van der Waals surface area contributed by atoms with Crippen molar-refractivity contribution < 1.29 is 5.11 Å². The summed E-state index contributed by atoms with van der Waals surface area (Å²) in [5.41, 5.74) is 0.345. The molecule has 0 saturated heterocycles. The lowest BCUT2D eigenvalue weighted by Crippen LogP contribution is -2.46. The number of aliphatic hydroxyl groups is 1. The number of aliphatic hydroxyl groups excluding tert-OH is 1. The monoisotopic (exact) mass is 373 g/mol. The van der Waals surface area contributed by atoms with E-state index in [9.17, 15) is 5.11 Å². The van der Waals surface area contributed by atoms with E-state index < -0.39 is 5.54 Å². The smallest absolute Gasteiger partial charge is 0.173 e. The number of hydrogen-bond acceptors (Lipinski definition) is 5. The van der Waals surface area contributed by atoms with E-state index in [0.29, 0.717) is 23.9 Å². The van der Waals surface area contributed by atoms with Crippen LogP contribution in [0.15, 0.2) is 24.3 Å². The van der Waals surface area contributed by atoms with Crippen LogP contribution in [-0.4, -0.2) is 43.8 Å². The fraction of sp³-hybridized carbons (Fsp3) is 0.462. The summed E-state index contributed by atoms with van der Waals surface area (Å²) in [5.74, 6) is 0.598. The van der Waals surface area contributed by atoms with E-state index >= 15 is 0 Å². The molecule has 21 heavy (non-hydrogen) atoms. The molecule has 0 aliphatic rings. The SMILES string of the molecule is CC(CO)(NCCBr)c1nnnn1Cc1ccc(Cl)cc1. The standard InChI is InChI=1S/C13H17BrClN5O/c1-13(9-21,16-7-6-14)12-17-18-19-20(12)8-10-2-4-11(15)5-3-10/h2-5,16,21H,6-9H2,1H3. The van der Waals surface area contributed by atoms with Crippen LogP contribution in [0.2, 0.25) is 5.02 Å². The Morgan fingerprint density at radius 2 is 2.10 bits per heavy atom. The number of halogens is 2. The number of hydrogen-bond donors (Lipinski definition) is 2. The van der Waals surface area contributed by atoms with E-state index in [1.807, 2.05) is 31.2 Å². The van der Waals surface area contributed by atoms with Crippen molar-refractivity contribution in [1.82, 2.24) is 25.5 Å². The molecular formula is C13H17BrClN5O. The molecule has 1 heterocycles. The second-order valence-electron chi connectivity index (χ2n) is 4.89. The lowest BCUT2D eigenvalue weighted by atomic mass is 10.0. The maximum absolute atomic E-state index is 9.71. The second-order valence-corrected chi connectivity index (χ2v) is 6.12. The Hall–Kier alpha value is -1.02. The molecule has 114 valence electrons. The van der Waals surface area contributed by atoms with Crippen molar-refractivity contribution in [3.8, 4) is 0 Å². The lowest BCUT2D eigenvalue weighted by Gasteiger charge is -2.27. The van der Waals surface area contributed by atoms with Crippen molar-refractivity contribution >= 4 is 27.5 Å². The van der Waals surface area contributed by atoms with Crippen LogP contribution < -0.4 is 5.32 Å². The van der Waals surface area contributed by atoms with Gasteiger partial charge in [0, 0.05) is 16.9 Å². The predicted octanol–water partition coefficient (Wildman–Crippen LogP) is 1.57. The highest BCUT2D eigenvalue weighted by Crippen LogP contribution is 2.18. The highest BCUT2D eigenvalue weighted by atomic mass is 79.9. The van der Waals surface area contributed by atoms with E-state index in [4.69, 9.17) is 11.6 Å². The van der Waals surface area contributed by atoms with Crippen molar-refractivity contribution in [1.29, 1.82) is 0 Å². The molecule has 0 bridgehead atoms. The van der Waals surface area contributed by atoms with E-state index in [-0.39, 0.29) is 6.61 Å². The largest absolute Gasteiger partial charge is 0.394 e. The molecular weight excluding hydrogens is 358 g/mol. The summed E-state index contributed by atoms with van der Waals surface area (Å²) in [6, 6.07) is 7.51. The van der Waals surface area contributed by atoms with Crippen LogP contribution in [0, 0.1) is 0 Å². The summed E-state index contributed by atoms with van der Waals surface area (Å²) in [6.45, 7) is 3.00. The zero-order chi connectivity index (χ0) is 15.3. The molecule has 0 aliphatic carbocycles. The van der Waals surface area contributed by atoms with Gasteiger partial charge in [-0.1, -0.05) is 39.7 Å². The first-order valence-corrected chi connectivity index (χ1v) is 8.02. The van der Waals surface area contributed by atoms with Gasteiger partial charge >= 0.3 is 0 Å². The van der Waals surface area contributed by atoms with Crippen LogP contribution in [0.1, 0.15) is 18.3 Å². The van der Waals surface area contributed by atoms with Gasteiger partial charge in [-0.2, -0.15) is 0 Å². The number of aromatic nitrogens is 4. The van der Waals surface area contributed by atoms with Gasteiger partial charge in [-0.15, -0.1) is 5.10 Å². The summed E-state index contributed by atoms with van der Waals surface area (Å²) in [4.78, 5) is 0. The van der Waals surface area contributed by atoms with E-state index in [1.165, 1.54) is 0 Å². The first-order valence-electron chi connectivity index (χ1n) is 6.52. The first kappa shape index (κ1) is 16.4. The van der Waals surface area contributed by atoms with Gasteiger partial charge in [-0.25, -0.2) is 4.68 Å². The van der Waals surface area contributed by atoms with Gasteiger partial charge in [0.05, 0.1) is 13.2 Å². The third-order valence-electron chi connectivity index (χ3n) is 3.20. The van der Waals surface area contributed by atoms with Gasteiger partial charge in [0.25, 0.3) is 0 Å². The third-order valence-corrected chi connectivity index (χ3v) is 3.85. The van der Waals surface area contributed by atoms with Crippen molar-refractivity contribution in [2.45, 2.75) is 19.0 Å².